The summed E-state index contributed by atoms with van der Waals surface area (Å²) in [5, 5.41) is 9.15. The zero-order valence-corrected chi connectivity index (χ0v) is 24.3. The van der Waals surface area contributed by atoms with E-state index in [1.165, 1.54) is 17.5 Å². The first kappa shape index (κ1) is 29.7. The molecule has 1 saturated carbocycles. The van der Waals surface area contributed by atoms with E-state index >= 15 is 0 Å². The fraction of sp³-hybridized carbons (Fsp3) is 0.552. The van der Waals surface area contributed by atoms with Crippen LogP contribution in [0.5, 0.6) is 5.75 Å². The van der Waals surface area contributed by atoms with Crippen LogP contribution in [0, 0.1) is 12.8 Å². The fourth-order valence-electron chi connectivity index (χ4n) is 5.01. The van der Waals surface area contributed by atoms with Gasteiger partial charge in [0.05, 0.1) is 31.0 Å². The average Bonchev–Trinajstić information content (AvgIpc) is 3.28. The number of benzene rings is 1. The number of aromatic nitrogens is 1. The van der Waals surface area contributed by atoms with Crippen molar-refractivity contribution in [1.82, 2.24) is 20.9 Å². The highest BCUT2D eigenvalue weighted by Gasteiger charge is 2.50. The Morgan fingerprint density at radius 1 is 1.07 bits per heavy atom. The van der Waals surface area contributed by atoms with Gasteiger partial charge in [0.25, 0.3) is 5.91 Å². The molecule has 11 heteroatoms. The minimum Gasteiger partial charge on any atom is -0.497 e. The molecule has 4 unspecified atom stereocenters. The van der Waals surface area contributed by atoms with Gasteiger partial charge in [0.1, 0.15) is 28.3 Å². The smallest absolute Gasteiger partial charge is 0.263 e. The Kier molecular flexibility index (Phi) is 9.57. The predicted octanol–water partition coefficient (Wildman–Crippen LogP) is 2.73. The lowest BCUT2D eigenvalue weighted by atomic mass is 9.90. The Morgan fingerprint density at radius 3 is 2.30 bits per heavy atom. The van der Waals surface area contributed by atoms with Crippen LogP contribution in [0.3, 0.4) is 0 Å². The van der Waals surface area contributed by atoms with Crippen LogP contribution in [0.25, 0.3) is 0 Å². The number of ketones is 1. The normalized spacial score (nSPS) is 20.7. The lowest BCUT2D eigenvalue weighted by Gasteiger charge is -2.26. The third-order valence-electron chi connectivity index (χ3n) is 7.59. The number of carbonyl (C=O) groups excluding carboxylic acids is 4. The Bertz CT molecular complexity index is 1220. The lowest BCUT2D eigenvalue weighted by molar-refractivity contribution is -0.133. The minimum absolute atomic E-state index is 0.136. The third kappa shape index (κ3) is 7.66. The number of amides is 3. The van der Waals surface area contributed by atoms with Gasteiger partial charge >= 0.3 is 0 Å². The number of hydrogen-bond acceptors (Lipinski definition) is 8. The van der Waals surface area contributed by atoms with Gasteiger partial charge in [-0.25, -0.2) is 4.98 Å². The van der Waals surface area contributed by atoms with E-state index in [-0.39, 0.29) is 12.2 Å². The first-order chi connectivity index (χ1) is 19.1. The van der Waals surface area contributed by atoms with Gasteiger partial charge in [-0.2, -0.15) is 0 Å². The minimum atomic E-state index is -0.974. The zero-order valence-electron chi connectivity index (χ0n) is 23.5. The molecule has 2 fully saturated rings. The molecule has 3 amide bonds. The number of methoxy groups -OCH3 is 1. The van der Waals surface area contributed by atoms with E-state index in [0.29, 0.717) is 29.6 Å². The highest BCUT2D eigenvalue weighted by molar-refractivity contribution is 7.13. The second-order valence-electron chi connectivity index (χ2n) is 10.9. The van der Waals surface area contributed by atoms with Gasteiger partial charge in [-0.15, -0.1) is 11.3 Å². The number of hydrogen-bond donors (Lipinski definition) is 3. The number of aryl methyl sites for hydroxylation is 1. The first-order valence-electron chi connectivity index (χ1n) is 13.7. The standard InChI is InChI=1S/C29H38N4O6S/c1-17(31-28(37)24-15-30-18(2)40-24)26(35)33-23(14-20-9-11-21(38-4)12-10-20)27(36)32-22(13-19-7-5-6-8-19)25(34)29(3)16-39-29/h9-12,15,17,19,22-23H,5-8,13-14,16H2,1-4H3,(H,31,37)(H,32,36)(H,33,35). The number of nitrogens with one attached hydrogen (secondary N) is 3. The molecule has 1 aliphatic heterocycles. The monoisotopic (exact) mass is 570 g/mol. The van der Waals surface area contributed by atoms with Crippen LogP contribution < -0.4 is 20.7 Å². The molecule has 1 saturated heterocycles. The molecular formula is C29H38N4O6S. The van der Waals surface area contributed by atoms with Crippen molar-refractivity contribution in [2.24, 2.45) is 5.92 Å². The van der Waals surface area contributed by atoms with E-state index in [2.05, 4.69) is 20.9 Å². The molecule has 0 radical (unpaired) electrons. The van der Waals surface area contributed by atoms with Crippen LogP contribution in [0.2, 0.25) is 0 Å². The number of carbonyl (C=O) groups is 4. The van der Waals surface area contributed by atoms with Gasteiger partial charge in [0, 0.05) is 6.42 Å². The molecule has 40 heavy (non-hydrogen) atoms. The Balaban J connectivity index is 1.48. The molecule has 10 nitrogen and oxygen atoms in total. The fourth-order valence-corrected chi connectivity index (χ4v) is 5.69. The van der Waals surface area contributed by atoms with Crippen LogP contribution in [0.1, 0.15) is 66.2 Å². The summed E-state index contributed by atoms with van der Waals surface area (Å²) >= 11 is 1.23. The zero-order chi connectivity index (χ0) is 28.9. The van der Waals surface area contributed by atoms with Gasteiger partial charge in [-0.1, -0.05) is 37.8 Å². The van der Waals surface area contributed by atoms with E-state index in [4.69, 9.17) is 9.47 Å². The first-order valence-corrected chi connectivity index (χ1v) is 14.5. The molecular weight excluding hydrogens is 532 g/mol. The maximum Gasteiger partial charge on any atom is 0.263 e. The second-order valence-corrected chi connectivity index (χ2v) is 12.1. The van der Waals surface area contributed by atoms with E-state index in [1.807, 2.05) is 12.1 Å². The molecule has 1 aromatic heterocycles. The van der Waals surface area contributed by atoms with Crippen LogP contribution in [-0.2, 0) is 25.5 Å². The molecule has 1 aliphatic carbocycles. The number of ether oxygens (including phenoxy) is 2. The van der Waals surface area contributed by atoms with Crippen LogP contribution in [0.15, 0.2) is 30.5 Å². The van der Waals surface area contributed by atoms with Gasteiger partial charge in [0.2, 0.25) is 11.8 Å². The molecule has 2 aliphatic rings. The second kappa shape index (κ2) is 12.9. The third-order valence-corrected chi connectivity index (χ3v) is 8.50. The van der Waals surface area contributed by atoms with Crippen LogP contribution in [0.4, 0.5) is 0 Å². The summed E-state index contributed by atoms with van der Waals surface area (Å²) in [5.41, 5.74) is -0.0757. The summed E-state index contributed by atoms with van der Waals surface area (Å²) in [6.07, 6.45) is 6.50. The summed E-state index contributed by atoms with van der Waals surface area (Å²) < 4.78 is 10.6. The summed E-state index contributed by atoms with van der Waals surface area (Å²) in [7, 11) is 1.57. The van der Waals surface area contributed by atoms with Crippen molar-refractivity contribution in [3.05, 3.63) is 45.9 Å². The summed E-state index contributed by atoms with van der Waals surface area (Å²) in [4.78, 5) is 57.2. The van der Waals surface area contributed by atoms with Gasteiger partial charge in [-0.05, 0) is 50.8 Å². The quantitative estimate of drug-likeness (QED) is 0.315. The maximum absolute atomic E-state index is 13.7. The van der Waals surface area contributed by atoms with Gasteiger partial charge in [-0.3, -0.25) is 19.2 Å². The Labute approximate surface area is 238 Å². The van der Waals surface area contributed by atoms with Crippen LogP contribution >= 0.6 is 11.3 Å². The molecule has 4 atom stereocenters. The van der Waals surface area contributed by atoms with Crippen molar-refractivity contribution >= 4 is 34.8 Å². The van der Waals surface area contributed by atoms with Crippen molar-refractivity contribution in [1.29, 1.82) is 0 Å². The number of nitrogens with zero attached hydrogens (tertiary/aromatic N) is 1. The Morgan fingerprint density at radius 2 is 1.73 bits per heavy atom. The van der Waals surface area contributed by atoms with E-state index in [9.17, 15) is 19.2 Å². The number of thiazole rings is 1. The van der Waals surface area contributed by atoms with E-state index < -0.39 is 41.4 Å². The molecule has 1 aromatic carbocycles. The summed E-state index contributed by atoms with van der Waals surface area (Å²) in [5.74, 6) is -0.493. The van der Waals surface area contributed by atoms with Gasteiger partial charge < -0.3 is 25.4 Å². The highest BCUT2D eigenvalue weighted by atomic mass is 32.1. The molecule has 2 aromatic rings. The number of rotatable bonds is 13. The maximum atomic E-state index is 13.7. The molecule has 3 N–H and O–H groups in total. The van der Waals surface area contributed by atoms with Crippen LogP contribution in [-0.4, -0.2) is 65.9 Å². The Hall–Kier alpha value is -3.31. The SMILES string of the molecule is COc1ccc(CC(NC(=O)C(C)NC(=O)c2cnc(C)s2)C(=O)NC(CC2CCCC2)C(=O)C2(C)CO2)cc1. The van der Waals surface area contributed by atoms with Crippen molar-refractivity contribution in [2.45, 2.75) is 83.0 Å². The van der Waals surface area contributed by atoms with E-state index in [1.54, 1.807) is 40.0 Å². The number of Topliss-reactive ketones (excluding diaryl/α,β-unsaturated/α-hetero) is 1. The summed E-state index contributed by atoms with van der Waals surface area (Å²) in [6, 6.07) is 4.62. The molecule has 2 heterocycles. The lowest BCUT2D eigenvalue weighted by Crippen LogP contribution is -2.57. The molecule has 0 spiro atoms. The van der Waals surface area contributed by atoms with Crippen molar-refractivity contribution < 1.29 is 28.7 Å². The van der Waals surface area contributed by atoms with Gasteiger partial charge in [0.15, 0.2) is 5.78 Å². The van der Waals surface area contributed by atoms with Crippen molar-refractivity contribution in [2.75, 3.05) is 13.7 Å². The van der Waals surface area contributed by atoms with Crippen molar-refractivity contribution in [3.63, 3.8) is 0 Å². The highest BCUT2D eigenvalue weighted by Crippen LogP contribution is 2.33. The topological polar surface area (TPSA) is 139 Å². The molecule has 4 rings (SSSR count). The van der Waals surface area contributed by atoms with Crippen molar-refractivity contribution in [3.8, 4) is 5.75 Å². The predicted molar refractivity (Wildman–Crippen MR) is 150 cm³/mol. The molecule has 0 bridgehead atoms. The average molecular weight is 571 g/mol. The number of epoxide rings is 1. The summed E-state index contributed by atoms with van der Waals surface area (Å²) in [6.45, 7) is 5.43. The van der Waals surface area contributed by atoms with E-state index in [0.717, 1.165) is 36.3 Å². The largest absolute Gasteiger partial charge is 0.497 e. The molecule has 216 valence electrons.